The van der Waals surface area contributed by atoms with E-state index in [-0.39, 0.29) is 0 Å². The molecule has 0 bridgehead atoms. The molecule has 1 heterocycles. The van der Waals surface area contributed by atoms with Crippen LogP contribution in [0.2, 0.25) is 0 Å². The zero-order chi connectivity index (χ0) is 20.7. The minimum atomic E-state index is -1.16. The Balaban J connectivity index is 1.90. The van der Waals surface area contributed by atoms with E-state index >= 15 is 0 Å². The first kappa shape index (κ1) is 21.4. The summed E-state index contributed by atoms with van der Waals surface area (Å²) in [6.07, 6.45) is 1.42. The monoisotopic (exact) mass is 390 g/mol. The number of hydrogen-bond donors (Lipinski definition) is 4. The molecule has 1 aliphatic rings. The maximum atomic E-state index is 12.7. The lowest BCUT2D eigenvalue weighted by Gasteiger charge is -2.27. The normalized spacial score (nSPS) is 18.2. The molecule has 1 aromatic rings. The second kappa shape index (κ2) is 9.84. The molecular weight excluding hydrogens is 364 g/mol. The molecule has 0 spiro atoms. The number of nitrogens with one attached hydrogen (secondary N) is 2. The van der Waals surface area contributed by atoms with E-state index in [1.165, 1.54) is 4.90 Å². The van der Waals surface area contributed by atoms with Crippen LogP contribution < -0.4 is 16.4 Å². The maximum Gasteiger partial charge on any atom is 0.322 e. The summed E-state index contributed by atoms with van der Waals surface area (Å²) < 4.78 is 0. The van der Waals surface area contributed by atoms with Crippen molar-refractivity contribution < 1.29 is 24.3 Å². The fourth-order valence-corrected chi connectivity index (χ4v) is 3.18. The molecule has 1 fully saturated rings. The van der Waals surface area contributed by atoms with Crippen LogP contribution in [0.1, 0.15) is 25.3 Å². The molecule has 3 amide bonds. The number of aliphatic carboxylic acids is 1. The van der Waals surface area contributed by atoms with E-state index in [1.54, 1.807) is 6.92 Å². The molecule has 3 atom stereocenters. The number of nitrogens with two attached hydrogens (primary N) is 1. The zero-order valence-corrected chi connectivity index (χ0v) is 15.8. The van der Waals surface area contributed by atoms with Crippen molar-refractivity contribution in [2.45, 2.75) is 44.3 Å². The van der Waals surface area contributed by atoms with Crippen LogP contribution in [0, 0.1) is 0 Å². The number of carboxylic acid groups (broad SMARTS) is 1. The molecule has 28 heavy (non-hydrogen) atoms. The molecule has 0 aliphatic carbocycles. The van der Waals surface area contributed by atoms with E-state index < -0.39 is 48.4 Å². The van der Waals surface area contributed by atoms with Crippen molar-refractivity contribution >= 4 is 23.7 Å². The van der Waals surface area contributed by atoms with Crippen molar-refractivity contribution in [3.8, 4) is 0 Å². The van der Waals surface area contributed by atoms with Gasteiger partial charge in [-0.25, -0.2) is 0 Å². The molecule has 1 aliphatic heterocycles. The van der Waals surface area contributed by atoms with Gasteiger partial charge in [0.25, 0.3) is 0 Å². The van der Waals surface area contributed by atoms with Crippen molar-refractivity contribution in [1.29, 1.82) is 0 Å². The summed E-state index contributed by atoms with van der Waals surface area (Å²) >= 11 is 0. The Labute approximate surface area is 163 Å². The fourth-order valence-electron chi connectivity index (χ4n) is 3.18. The minimum Gasteiger partial charge on any atom is -0.480 e. The van der Waals surface area contributed by atoms with E-state index in [1.807, 2.05) is 30.3 Å². The lowest BCUT2D eigenvalue weighted by molar-refractivity contribution is -0.142. The van der Waals surface area contributed by atoms with Gasteiger partial charge < -0.3 is 26.4 Å². The number of amides is 3. The summed E-state index contributed by atoms with van der Waals surface area (Å²) in [5.41, 5.74) is 6.85. The van der Waals surface area contributed by atoms with E-state index in [2.05, 4.69) is 10.6 Å². The first-order valence-corrected chi connectivity index (χ1v) is 9.19. The van der Waals surface area contributed by atoms with Crippen LogP contribution in [0.15, 0.2) is 30.3 Å². The average Bonchev–Trinajstić information content (AvgIpc) is 3.15. The molecule has 0 aromatic heterocycles. The Morgan fingerprint density at radius 1 is 1.25 bits per heavy atom. The predicted molar refractivity (Wildman–Crippen MR) is 101 cm³/mol. The Hall–Kier alpha value is -2.94. The Bertz CT molecular complexity index is 724. The third-order valence-corrected chi connectivity index (χ3v) is 4.62. The van der Waals surface area contributed by atoms with Gasteiger partial charge in [-0.15, -0.1) is 0 Å². The number of benzene rings is 1. The van der Waals surface area contributed by atoms with Crippen molar-refractivity contribution in [2.24, 2.45) is 5.73 Å². The Morgan fingerprint density at radius 2 is 1.93 bits per heavy atom. The smallest absolute Gasteiger partial charge is 0.322 e. The van der Waals surface area contributed by atoms with E-state index in [0.29, 0.717) is 25.8 Å². The average molecular weight is 390 g/mol. The summed E-state index contributed by atoms with van der Waals surface area (Å²) in [6, 6.07) is 6.94. The van der Waals surface area contributed by atoms with Crippen LogP contribution in [0.4, 0.5) is 0 Å². The SMILES string of the molecule is CC(NC(=O)C(N)Cc1ccccc1)C(=O)N1CCCC1C(=O)NCC(=O)O. The van der Waals surface area contributed by atoms with Gasteiger partial charge in [0.15, 0.2) is 0 Å². The van der Waals surface area contributed by atoms with Gasteiger partial charge in [-0.2, -0.15) is 0 Å². The van der Waals surface area contributed by atoms with E-state index in [0.717, 1.165) is 5.56 Å². The molecule has 152 valence electrons. The third-order valence-electron chi connectivity index (χ3n) is 4.62. The lowest BCUT2D eigenvalue weighted by Crippen LogP contribution is -2.55. The van der Waals surface area contributed by atoms with Gasteiger partial charge in [0.1, 0.15) is 18.6 Å². The van der Waals surface area contributed by atoms with E-state index in [4.69, 9.17) is 10.8 Å². The van der Waals surface area contributed by atoms with E-state index in [9.17, 15) is 19.2 Å². The summed E-state index contributed by atoms with van der Waals surface area (Å²) in [5.74, 6) is -2.51. The number of likely N-dealkylation sites (tertiary alicyclic amines) is 1. The quantitative estimate of drug-likeness (QED) is 0.460. The lowest BCUT2D eigenvalue weighted by atomic mass is 10.1. The molecule has 9 heteroatoms. The van der Waals surface area contributed by atoms with Crippen molar-refractivity contribution in [3.05, 3.63) is 35.9 Å². The summed E-state index contributed by atoms with van der Waals surface area (Å²) in [6.45, 7) is 1.41. The van der Waals surface area contributed by atoms with Crippen LogP contribution in [0.5, 0.6) is 0 Å². The third kappa shape index (κ3) is 5.78. The molecule has 1 aromatic carbocycles. The highest BCUT2D eigenvalue weighted by Crippen LogP contribution is 2.18. The summed E-state index contributed by atoms with van der Waals surface area (Å²) in [5, 5.41) is 13.6. The van der Waals surface area contributed by atoms with Gasteiger partial charge in [-0.05, 0) is 31.7 Å². The minimum absolute atomic E-state index is 0.345. The predicted octanol–water partition coefficient (Wildman–Crippen LogP) is -0.747. The molecule has 2 rings (SSSR count). The van der Waals surface area contributed by atoms with Crippen LogP contribution in [0.25, 0.3) is 0 Å². The molecule has 9 nitrogen and oxygen atoms in total. The van der Waals surface area contributed by atoms with Crippen molar-refractivity contribution in [3.63, 3.8) is 0 Å². The number of carbonyl (C=O) groups excluding carboxylic acids is 3. The Kier molecular flexibility index (Phi) is 7.51. The molecule has 3 unspecified atom stereocenters. The number of carbonyl (C=O) groups is 4. The molecule has 5 N–H and O–H groups in total. The fraction of sp³-hybridized carbons (Fsp3) is 0.474. The first-order valence-electron chi connectivity index (χ1n) is 9.19. The topological polar surface area (TPSA) is 142 Å². The number of rotatable bonds is 8. The molecule has 1 saturated heterocycles. The van der Waals surface area contributed by atoms with Crippen molar-refractivity contribution in [1.82, 2.24) is 15.5 Å². The molecule has 0 radical (unpaired) electrons. The van der Waals surface area contributed by atoms with Crippen LogP contribution in [-0.4, -0.2) is 64.9 Å². The number of carboxylic acids is 1. The van der Waals surface area contributed by atoms with Gasteiger partial charge in [-0.1, -0.05) is 30.3 Å². The van der Waals surface area contributed by atoms with Crippen LogP contribution in [-0.2, 0) is 25.6 Å². The van der Waals surface area contributed by atoms with Gasteiger partial charge in [-0.3, -0.25) is 19.2 Å². The highest BCUT2D eigenvalue weighted by atomic mass is 16.4. The highest BCUT2D eigenvalue weighted by molar-refractivity contribution is 5.93. The van der Waals surface area contributed by atoms with Crippen LogP contribution >= 0.6 is 0 Å². The highest BCUT2D eigenvalue weighted by Gasteiger charge is 2.36. The maximum absolute atomic E-state index is 12.7. The van der Waals surface area contributed by atoms with Gasteiger partial charge >= 0.3 is 5.97 Å². The molecular formula is C19H26N4O5. The first-order chi connectivity index (χ1) is 13.3. The largest absolute Gasteiger partial charge is 0.480 e. The summed E-state index contributed by atoms with van der Waals surface area (Å²) in [4.78, 5) is 49.1. The number of hydrogen-bond acceptors (Lipinski definition) is 5. The standard InChI is InChI=1S/C19H26N4O5/c1-12(22-17(26)14(20)10-13-6-3-2-4-7-13)19(28)23-9-5-8-15(23)18(27)21-11-16(24)25/h2-4,6-7,12,14-15H,5,8-11,20H2,1H3,(H,21,27)(H,22,26)(H,24,25). The van der Waals surface area contributed by atoms with Gasteiger partial charge in [0, 0.05) is 6.54 Å². The summed E-state index contributed by atoms with van der Waals surface area (Å²) in [7, 11) is 0. The zero-order valence-electron chi connectivity index (χ0n) is 15.8. The second-order valence-corrected chi connectivity index (χ2v) is 6.83. The Morgan fingerprint density at radius 3 is 2.57 bits per heavy atom. The van der Waals surface area contributed by atoms with Gasteiger partial charge in [0.05, 0.1) is 6.04 Å². The number of nitrogens with zero attached hydrogens (tertiary/aromatic N) is 1. The molecule has 0 saturated carbocycles. The van der Waals surface area contributed by atoms with Crippen LogP contribution in [0.3, 0.4) is 0 Å². The second-order valence-electron chi connectivity index (χ2n) is 6.83. The van der Waals surface area contributed by atoms with Crippen molar-refractivity contribution in [2.75, 3.05) is 13.1 Å². The van der Waals surface area contributed by atoms with Gasteiger partial charge in [0.2, 0.25) is 17.7 Å².